The molecule has 8 heteroatoms. The zero-order valence-corrected chi connectivity index (χ0v) is 21.0. The number of esters is 3. The summed E-state index contributed by atoms with van der Waals surface area (Å²) in [5.41, 5.74) is -1.72. The topological polar surface area (TPSA) is 112 Å². The van der Waals surface area contributed by atoms with Crippen LogP contribution in [0.1, 0.15) is 72.6 Å². The van der Waals surface area contributed by atoms with Crippen LogP contribution in [0.5, 0.6) is 0 Å². The maximum absolute atomic E-state index is 12.3. The van der Waals surface area contributed by atoms with E-state index in [1.807, 2.05) is 13.8 Å². The van der Waals surface area contributed by atoms with Gasteiger partial charge in [-0.2, -0.15) is 0 Å². The van der Waals surface area contributed by atoms with E-state index >= 15 is 0 Å². The number of carbonyl (C=O) groups excluding carboxylic acids is 3. The van der Waals surface area contributed by atoms with Crippen molar-refractivity contribution < 1.29 is 38.1 Å². The molecule has 188 valence electrons. The molecule has 34 heavy (non-hydrogen) atoms. The van der Waals surface area contributed by atoms with E-state index in [9.17, 15) is 19.5 Å². The highest BCUT2D eigenvalue weighted by Crippen LogP contribution is 2.66. The van der Waals surface area contributed by atoms with Crippen molar-refractivity contribution in [2.45, 2.75) is 91.6 Å². The average molecular weight is 477 g/mol. The molecule has 0 unspecified atom stereocenters. The second-order valence-electron chi connectivity index (χ2n) is 11.3. The average Bonchev–Trinajstić information content (AvgIpc) is 3.16. The Bertz CT molecular complexity index is 991. The van der Waals surface area contributed by atoms with Crippen LogP contribution >= 0.6 is 0 Å². The van der Waals surface area contributed by atoms with Crippen molar-refractivity contribution >= 4 is 17.9 Å². The Morgan fingerprint density at radius 2 is 1.56 bits per heavy atom. The van der Waals surface area contributed by atoms with Crippen molar-refractivity contribution in [3.05, 3.63) is 23.7 Å². The van der Waals surface area contributed by atoms with E-state index < -0.39 is 46.5 Å². The quantitative estimate of drug-likeness (QED) is 0.521. The van der Waals surface area contributed by atoms with Crippen LogP contribution in [-0.2, 0) is 40.6 Å². The SMILES string of the molecule is CC(=O)O[C@H]1[C@H](OC(C)=O)[C@H]2C(C)(C)[C@H](OC(C)=O)CC[C@]2(C)[C@H]2Cc3occc3[C@@](C)(O)[C@H]12. The molecule has 0 saturated heterocycles. The molecule has 0 spiro atoms. The van der Waals surface area contributed by atoms with Crippen LogP contribution in [-0.4, -0.2) is 41.3 Å². The molecular weight excluding hydrogens is 440 g/mol. The minimum atomic E-state index is -1.37. The van der Waals surface area contributed by atoms with Gasteiger partial charge in [0.05, 0.1) is 11.9 Å². The summed E-state index contributed by atoms with van der Waals surface area (Å²) >= 11 is 0. The molecule has 8 atom stereocenters. The summed E-state index contributed by atoms with van der Waals surface area (Å²) in [5, 5.41) is 11.9. The molecule has 1 N–H and O–H groups in total. The predicted molar refractivity (Wildman–Crippen MR) is 120 cm³/mol. The summed E-state index contributed by atoms with van der Waals surface area (Å²) in [4.78, 5) is 36.6. The van der Waals surface area contributed by atoms with E-state index in [-0.39, 0.29) is 23.9 Å². The highest BCUT2D eigenvalue weighted by Gasteiger charge is 2.70. The molecule has 3 aliphatic carbocycles. The molecule has 1 aromatic heterocycles. The van der Waals surface area contributed by atoms with Crippen molar-refractivity contribution in [1.29, 1.82) is 0 Å². The number of rotatable bonds is 3. The second-order valence-corrected chi connectivity index (χ2v) is 11.3. The van der Waals surface area contributed by atoms with Gasteiger partial charge >= 0.3 is 17.9 Å². The van der Waals surface area contributed by atoms with Crippen LogP contribution in [0.15, 0.2) is 16.7 Å². The standard InChI is InChI=1S/C26H36O8/c1-13(27)32-19-8-10-25(6)17-12-18-16(9-11-31-18)26(7,30)20(17)21(33-14(2)28)22(34-15(3)29)23(25)24(19,4)5/h9,11,17,19-23,30H,8,10,12H2,1-7H3/t17-,19+,20-,21+,22-,23-,25+,26+/m0/s1. The second kappa shape index (κ2) is 8.11. The first kappa shape index (κ1) is 24.8. The summed E-state index contributed by atoms with van der Waals surface area (Å²) in [6.45, 7) is 12.0. The first-order valence-corrected chi connectivity index (χ1v) is 12.0. The molecule has 0 amide bonds. The zero-order chi connectivity index (χ0) is 25.2. The highest BCUT2D eigenvalue weighted by molar-refractivity contribution is 5.68. The van der Waals surface area contributed by atoms with Crippen molar-refractivity contribution in [2.75, 3.05) is 0 Å². The molecule has 2 fully saturated rings. The molecule has 3 aliphatic rings. The molecule has 8 nitrogen and oxygen atoms in total. The molecular formula is C26H36O8. The predicted octanol–water partition coefficient (Wildman–Crippen LogP) is 3.53. The van der Waals surface area contributed by atoms with Gasteiger partial charge in [0.1, 0.15) is 24.1 Å². The van der Waals surface area contributed by atoms with Crippen LogP contribution in [0.4, 0.5) is 0 Å². The third-order valence-electron chi connectivity index (χ3n) is 8.83. The Kier molecular flexibility index (Phi) is 5.91. The molecule has 0 radical (unpaired) electrons. The van der Waals surface area contributed by atoms with Gasteiger partial charge in [0.2, 0.25) is 0 Å². The van der Waals surface area contributed by atoms with Crippen molar-refractivity contribution in [3.8, 4) is 0 Å². The van der Waals surface area contributed by atoms with Gasteiger partial charge in [0, 0.05) is 50.0 Å². The minimum Gasteiger partial charge on any atom is -0.469 e. The van der Waals surface area contributed by atoms with Gasteiger partial charge in [0.25, 0.3) is 0 Å². The molecule has 0 bridgehead atoms. The first-order valence-electron chi connectivity index (χ1n) is 12.0. The number of hydrogen-bond donors (Lipinski definition) is 1. The van der Waals surface area contributed by atoms with Crippen LogP contribution in [0.25, 0.3) is 0 Å². The number of hydrogen-bond acceptors (Lipinski definition) is 8. The number of carbonyl (C=O) groups is 3. The molecule has 4 rings (SSSR count). The van der Waals surface area contributed by atoms with Crippen LogP contribution in [0, 0.1) is 28.6 Å². The lowest BCUT2D eigenvalue weighted by atomic mass is 9.41. The fourth-order valence-electron chi connectivity index (χ4n) is 7.74. The Balaban J connectivity index is 1.92. The van der Waals surface area contributed by atoms with E-state index in [0.717, 1.165) is 5.76 Å². The van der Waals surface area contributed by atoms with Crippen LogP contribution in [0.3, 0.4) is 0 Å². The molecule has 2 saturated carbocycles. The van der Waals surface area contributed by atoms with Crippen LogP contribution < -0.4 is 0 Å². The van der Waals surface area contributed by atoms with Crippen molar-refractivity contribution in [1.82, 2.24) is 0 Å². The monoisotopic (exact) mass is 476 g/mol. The lowest BCUT2D eigenvalue weighted by Crippen LogP contribution is -2.71. The number of aliphatic hydroxyl groups is 1. The normalized spacial score (nSPS) is 40.2. The number of fused-ring (bicyclic) bond motifs is 4. The fourth-order valence-corrected chi connectivity index (χ4v) is 7.74. The third-order valence-corrected chi connectivity index (χ3v) is 8.83. The summed E-state index contributed by atoms with van der Waals surface area (Å²) < 4.78 is 23.4. The van der Waals surface area contributed by atoms with E-state index in [0.29, 0.717) is 24.8 Å². The third kappa shape index (κ3) is 3.65. The summed E-state index contributed by atoms with van der Waals surface area (Å²) in [6.07, 6.45) is 1.38. The summed E-state index contributed by atoms with van der Waals surface area (Å²) in [5.74, 6) is -1.60. The fraction of sp³-hybridized carbons (Fsp3) is 0.731. The summed E-state index contributed by atoms with van der Waals surface area (Å²) in [7, 11) is 0. The van der Waals surface area contributed by atoms with Gasteiger partial charge < -0.3 is 23.7 Å². The number of ether oxygens (including phenoxy) is 3. The van der Waals surface area contributed by atoms with Crippen molar-refractivity contribution in [2.24, 2.45) is 28.6 Å². The van der Waals surface area contributed by atoms with E-state index in [1.165, 1.54) is 20.8 Å². The molecule has 0 aliphatic heterocycles. The van der Waals surface area contributed by atoms with Gasteiger partial charge in [-0.3, -0.25) is 14.4 Å². The maximum Gasteiger partial charge on any atom is 0.303 e. The van der Waals surface area contributed by atoms with Gasteiger partial charge in [-0.05, 0) is 37.2 Å². The zero-order valence-electron chi connectivity index (χ0n) is 21.0. The van der Waals surface area contributed by atoms with E-state index in [1.54, 1.807) is 19.3 Å². The van der Waals surface area contributed by atoms with Gasteiger partial charge in [-0.15, -0.1) is 0 Å². The lowest BCUT2D eigenvalue weighted by molar-refractivity contribution is -0.275. The van der Waals surface area contributed by atoms with Crippen LogP contribution in [0.2, 0.25) is 0 Å². The minimum absolute atomic E-state index is 0.125. The lowest BCUT2D eigenvalue weighted by Gasteiger charge is -2.66. The van der Waals surface area contributed by atoms with Gasteiger partial charge in [-0.1, -0.05) is 20.8 Å². The molecule has 1 aromatic rings. The molecule has 0 aromatic carbocycles. The summed E-state index contributed by atoms with van der Waals surface area (Å²) in [6, 6.07) is 1.76. The number of furan rings is 1. The van der Waals surface area contributed by atoms with Crippen molar-refractivity contribution in [3.63, 3.8) is 0 Å². The highest BCUT2D eigenvalue weighted by atomic mass is 16.6. The Hall–Kier alpha value is -2.35. The van der Waals surface area contributed by atoms with E-state index in [4.69, 9.17) is 18.6 Å². The van der Waals surface area contributed by atoms with E-state index in [2.05, 4.69) is 6.92 Å². The van der Waals surface area contributed by atoms with Gasteiger partial charge in [-0.25, -0.2) is 0 Å². The van der Waals surface area contributed by atoms with Gasteiger partial charge in [0.15, 0.2) is 0 Å². The first-order chi connectivity index (χ1) is 15.7. The Morgan fingerprint density at radius 1 is 0.971 bits per heavy atom. The molecule has 1 heterocycles. The largest absolute Gasteiger partial charge is 0.469 e. The Labute approximate surface area is 200 Å². The maximum atomic E-state index is 12.3. The smallest absolute Gasteiger partial charge is 0.303 e. The Morgan fingerprint density at radius 3 is 2.15 bits per heavy atom.